The van der Waals surface area contributed by atoms with Crippen molar-refractivity contribution < 1.29 is 73.5 Å². The molecule has 0 rings (SSSR count). The van der Waals surface area contributed by atoms with Crippen molar-refractivity contribution in [2.45, 2.75) is 94.7 Å². The quantitative estimate of drug-likeness (QED) is 0.0208. The number of aliphatic carboxylic acids is 3. The topological polar surface area (TPSA) is 446 Å². The van der Waals surface area contributed by atoms with Crippen LogP contribution in [0.3, 0.4) is 0 Å². The van der Waals surface area contributed by atoms with Crippen LogP contribution in [0.1, 0.15) is 52.4 Å². The van der Waals surface area contributed by atoms with Crippen LogP contribution in [0.5, 0.6) is 0 Å². The van der Waals surface area contributed by atoms with Crippen LogP contribution in [-0.4, -0.2) is 159 Å². The number of aliphatic imine (C=N–C) groups is 1. The number of aliphatic hydroxyl groups is 2. The van der Waals surface area contributed by atoms with Gasteiger partial charge in [0.1, 0.15) is 30.2 Å². The average Bonchev–Trinajstić information content (AvgIpc) is 3.11. The number of carboxylic acid groups (broad SMARTS) is 3. The Bertz CT molecular complexity index is 1460. The Morgan fingerprint density at radius 1 is 0.625 bits per heavy atom. The van der Waals surface area contributed by atoms with E-state index in [4.69, 9.17) is 32.5 Å². The molecule has 0 aromatic rings. The molecule has 0 aliphatic rings. The van der Waals surface area contributed by atoms with E-state index in [0.717, 1.165) is 13.8 Å². The molecular weight excluding hydrogens is 754 g/mol. The maximum absolute atomic E-state index is 13.1. The summed E-state index contributed by atoms with van der Waals surface area (Å²) in [6.07, 6.45) is -3.84. The smallest absolute Gasteiger partial charge is 0.328 e. The summed E-state index contributed by atoms with van der Waals surface area (Å²) in [5, 5.41) is 61.4. The normalized spacial score (nSPS) is 14.4. The molecular formula is C30H51N11O15. The SMILES string of the molecule is C[C@H](NC(=O)[C@H](CCC(=O)O)NC(=O)CNC(=O)[C@H](CCCN=C(N)N)NC(=O)CNC(=O)[C@@H](N)CO)C(=O)N[C@@H](CCC(=O)O)C(=O)N[C@H](C(=O)O)[C@@H](C)O. The van der Waals surface area contributed by atoms with Crippen molar-refractivity contribution in [3.8, 4) is 0 Å². The van der Waals surface area contributed by atoms with Gasteiger partial charge in [-0.2, -0.15) is 0 Å². The van der Waals surface area contributed by atoms with E-state index in [1.165, 1.54) is 0 Å². The molecule has 0 saturated carbocycles. The number of carbonyl (C=O) groups is 10. The summed E-state index contributed by atoms with van der Waals surface area (Å²) in [6.45, 7) is 0.101. The van der Waals surface area contributed by atoms with Gasteiger partial charge in [-0.25, -0.2) is 4.79 Å². The van der Waals surface area contributed by atoms with Gasteiger partial charge in [0.15, 0.2) is 12.0 Å². The van der Waals surface area contributed by atoms with E-state index >= 15 is 0 Å². The molecule has 0 bridgehead atoms. The first-order valence-corrected chi connectivity index (χ1v) is 16.9. The van der Waals surface area contributed by atoms with Crippen molar-refractivity contribution in [3.63, 3.8) is 0 Å². The number of carbonyl (C=O) groups excluding carboxylic acids is 7. The van der Waals surface area contributed by atoms with Gasteiger partial charge in [-0.05, 0) is 39.5 Å². The summed E-state index contributed by atoms with van der Waals surface area (Å²) in [6, 6.07) is -9.19. The van der Waals surface area contributed by atoms with E-state index in [2.05, 4.69) is 36.9 Å². The van der Waals surface area contributed by atoms with Gasteiger partial charge in [-0.3, -0.25) is 48.1 Å². The lowest BCUT2D eigenvalue weighted by molar-refractivity contribution is -0.145. The summed E-state index contributed by atoms with van der Waals surface area (Å²) in [7, 11) is 0. The maximum Gasteiger partial charge on any atom is 0.328 e. The monoisotopic (exact) mass is 805 g/mol. The van der Waals surface area contributed by atoms with Crippen molar-refractivity contribution in [1.29, 1.82) is 0 Å². The lowest BCUT2D eigenvalue weighted by atomic mass is 10.1. The molecule has 0 fully saturated rings. The summed E-state index contributed by atoms with van der Waals surface area (Å²) >= 11 is 0. The lowest BCUT2D eigenvalue weighted by Crippen LogP contribution is -2.58. The molecule has 18 N–H and O–H groups in total. The first kappa shape index (κ1) is 49.8. The highest BCUT2D eigenvalue weighted by atomic mass is 16.4. The van der Waals surface area contributed by atoms with Gasteiger partial charge in [-0.1, -0.05) is 0 Å². The van der Waals surface area contributed by atoms with Crippen LogP contribution in [-0.2, 0) is 47.9 Å². The fraction of sp³-hybridized carbons (Fsp3) is 0.633. The minimum atomic E-state index is -1.81. The zero-order valence-electron chi connectivity index (χ0n) is 30.6. The van der Waals surface area contributed by atoms with Crippen LogP contribution < -0.4 is 54.4 Å². The first-order chi connectivity index (χ1) is 26.1. The van der Waals surface area contributed by atoms with E-state index in [9.17, 15) is 58.2 Å². The van der Waals surface area contributed by atoms with Gasteiger partial charge in [-0.15, -0.1) is 0 Å². The second kappa shape index (κ2) is 25.8. The third-order valence-corrected chi connectivity index (χ3v) is 7.35. The molecule has 0 spiro atoms. The largest absolute Gasteiger partial charge is 0.481 e. The number of guanidine groups is 1. The average molecular weight is 806 g/mol. The number of hydrogen-bond acceptors (Lipinski definition) is 14. The predicted octanol–water partition coefficient (Wildman–Crippen LogP) is -7.77. The van der Waals surface area contributed by atoms with E-state index in [0.29, 0.717) is 0 Å². The molecule has 26 heteroatoms. The molecule has 0 unspecified atom stereocenters. The molecule has 0 heterocycles. The summed E-state index contributed by atoms with van der Waals surface area (Å²) < 4.78 is 0. The zero-order valence-corrected chi connectivity index (χ0v) is 30.6. The van der Waals surface area contributed by atoms with Gasteiger partial charge >= 0.3 is 17.9 Å². The minimum Gasteiger partial charge on any atom is -0.481 e. The molecule has 0 aromatic carbocycles. The van der Waals surface area contributed by atoms with Crippen molar-refractivity contribution in [2.24, 2.45) is 22.2 Å². The van der Waals surface area contributed by atoms with Crippen LogP contribution in [0, 0.1) is 0 Å². The molecule has 7 amide bonds. The van der Waals surface area contributed by atoms with E-state index < -0.39 is 147 Å². The summed E-state index contributed by atoms with van der Waals surface area (Å²) in [5.74, 6) is -11.6. The fourth-order valence-corrected chi connectivity index (χ4v) is 4.33. The van der Waals surface area contributed by atoms with Crippen LogP contribution in [0.2, 0.25) is 0 Å². The van der Waals surface area contributed by atoms with Crippen LogP contribution in [0.4, 0.5) is 0 Å². The van der Waals surface area contributed by atoms with Crippen molar-refractivity contribution >= 4 is 65.2 Å². The Balaban J connectivity index is 5.71. The second-order valence-corrected chi connectivity index (χ2v) is 12.1. The molecule has 7 atom stereocenters. The van der Waals surface area contributed by atoms with E-state index in [1.807, 2.05) is 5.32 Å². The zero-order chi connectivity index (χ0) is 43.1. The molecule has 316 valence electrons. The Hall–Kier alpha value is -6.15. The Kier molecular flexibility index (Phi) is 23.0. The Labute approximate surface area is 319 Å². The molecule has 0 radical (unpaired) electrons. The number of amides is 7. The van der Waals surface area contributed by atoms with Crippen LogP contribution in [0.25, 0.3) is 0 Å². The summed E-state index contributed by atoms with van der Waals surface area (Å²) in [4.78, 5) is 126. The molecule has 56 heavy (non-hydrogen) atoms. The number of nitrogens with zero attached hydrogens (tertiary/aromatic N) is 1. The lowest BCUT2D eigenvalue weighted by Gasteiger charge is -2.25. The van der Waals surface area contributed by atoms with Gasteiger partial charge in [0, 0.05) is 19.4 Å². The van der Waals surface area contributed by atoms with Crippen molar-refractivity contribution in [2.75, 3.05) is 26.2 Å². The van der Waals surface area contributed by atoms with Crippen molar-refractivity contribution in [3.05, 3.63) is 0 Å². The van der Waals surface area contributed by atoms with Gasteiger partial charge < -0.3 is 80.0 Å². The number of aliphatic hydroxyl groups excluding tert-OH is 2. The predicted molar refractivity (Wildman–Crippen MR) is 189 cm³/mol. The van der Waals surface area contributed by atoms with Gasteiger partial charge in [0.05, 0.1) is 25.8 Å². The standard InChI is InChI=1S/C30H51N11O15/c1-13(24(50)40-18(6-8-22(48)49)28(54)41-23(14(2)43)29(55)56)37-27(53)17(5-7-21(46)47)39-20(45)11-36-26(52)16(4-3-9-34-30(32)33)38-19(44)10-35-25(51)15(31)12-42/h13-18,23,42-43H,3-12,31H2,1-2H3,(H,35,51)(H,36,52)(H,37,53)(H,38,44)(H,39,45)(H,40,50)(H,41,54)(H,46,47)(H,48,49)(H,55,56)(H4,32,33,34)/t13-,14+,15-,16-,17-,18-,23-/m0/s1. The summed E-state index contributed by atoms with van der Waals surface area (Å²) in [5.41, 5.74) is 15.9. The highest BCUT2D eigenvalue weighted by Crippen LogP contribution is 2.04. The van der Waals surface area contributed by atoms with Crippen LogP contribution >= 0.6 is 0 Å². The first-order valence-electron chi connectivity index (χ1n) is 16.9. The number of nitrogens with one attached hydrogen (secondary N) is 7. The number of rotatable bonds is 27. The molecule has 0 aliphatic heterocycles. The number of nitrogens with two attached hydrogens (primary N) is 3. The number of carboxylic acids is 3. The van der Waals surface area contributed by atoms with Gasteiger partial charge in [0.25, 0.3) is 0 Å². The molecule has 26 nitrogen and oxygen atoms in total. The molecule has 0 aromatic heterocycles. The highest BCUT2D eigenvalue weighted by Gasteiger charge is 2.32. The minimum absolute atomic E-state index is 0.0474. The van der Waals surface area contributed by atoms with E-state index in [1.54, 1.807) is 0 Å². The maximum atomic E-state index is 13.1. The Morgan fingerprint density at radius 3 is 1.54 bits per heavy atom. The highest BCUT2D eigenvalue weighted by molar-refractivity contribution is 5.96. The molecule has 0 saturated heterocycles. The third-order valence-electron chi connectivity index (χ3n) is 7.35. The fourth-order valence-electron chi connectivity index (χ4n) is 4.33. The van der Waals surface area contributed by atoms with Gasteiger partial charge in [0.2, 0.25) is 41.4 Å². The second-order valence-electron chi connectivity index (χ2n) is 12.1. The Morgan fingerprint density at radius 2 is 1.09 bits per heavy atom. The van der Waals surface area contributed by atoms with Crippen molar-refractivity contribution in [1.82, 2.24) is 37.2 Å². The molecule has 0 aliphatic carbocycles. The van der Waals surface area contributed by atoms with E-state index in [-0.39, 0.29) is 25.3 Å². The number of hydrogen-bond donors (Lipinski definition) is 15. The third kappa shape index (κ3) is 20.9. The van der Waals surface area contributed by atoms with Crippen LogP contribution in [0.15, 0.2) is 4.99 Å².